The number of para-hydroxylation sites is 1. The van der Waals surface area contributed by atoms with Crippen molar-refractivity contribution in [2.24, 2.45) is 0 Å². The minimum absolute atomic E-state index is 0.169. The summed E-state index contributed by atoms with van der Waals surface area (Å²) < 4.78 is 25.9. The zero-order valence-electron chi connectivity index (χ0n) is 16.5. The summed E-state index contributed by atoms with van der Waals surface area (Å²) in [5.41, 5.74) is 1.86. The lowest BCUT2D eigenvalue weighted by Crippen LogP contribution is -2.21. The third-order valence-corrected chi connectivity index (χ3v) is 5.65. The number of methoxy groups -OCH3 is 2. The van der Waals surface area contributed by atoms with Crippen LogP contribution < -0.4 is 15.0 Å². The van der Waals surface area contributed by atoms with E-state index in [1.165, 1.54) is 24.9 Å². The molecule has 0 fully saturated rings. The minimum atomic E-state index is -0.424. The Bertz CT molecular complexity index is 1270. The average Bonchev–Trinajstić information content (AvgIpc) is 2.78. The Labute approximate surface area is 177 Å². The normalized spacial score (nSPS) is 10.9. The van der Waals surface area contributed by atoms with Crippen molar-refractivity contribution in [3.8, 4) is 17.2 Å². The quantitative estimate of drug-likeness (QED) is 0.329. The monoisotopic (exact) mass is 422 g/mol. The van der Waals surface area contributed by atoms with Crippen molar-refractivity contribution in [1.29, 1.82) is 0 Å². The Morgan fingerprint density at radius 1 is 1.00 bits per heavy atom. The molecule has 0 amide bonds. The predicted octanol–water partition coefficient (Wildman–Crippen LogP) is 4.83. The highest BCUT2D eigenvalue weighted by Gasteiger charge is 2.14. The van der Waals surface area contributed by atoms with Crippen LogP contribution in [0.5, 0.6) is 11.5 Å². The standard InChI is InChI=1S/C23H19FN2O3S/c1-28-17-7-5-6-16(13-17)26-22(27)18-8-3-4-9-20(18)25-23(26)30-14-15-10-11-21(29-2)19(24)12-15/h3-13H,14H2,1-2H3. The summed E-state index contributed by atoms with van der Waals surface area (Å²) in [5.74, 6) is 0.851. The number of hydrogen-bond acceptors (Lipinski definition) is 5. The Hall–Kier alpha value is -3.32. The number of hydrogen-bond donors (Lipinski definition) is 0. The largest absolute Gasteiger partial charge is 0.497 e. The van der Waals surface area contributed by atoms with E-state index in [-0.39, 0.29) is 11.3 Å². The summed E-state index contributed by atoms with van der Waals surface area (Å²) in [7, 11) is 3.01. The summed E-state index contributed by atoms with van der Waals surface area (Å²) >= 11 is 1.36. The predicted molar refractivity (Wildman–Crippen MR) is 116 cm³/mol. The van der Waals surface area contributed by atoms with Crippen molar-refractivity contribution in [1.82, 2.24) is 9.55 Å². The zero-order valence-corrected chi connectivity index (χ0v) is 17.3. The Balaban J connectivity index is 1.79. The number of aromatic nitrogens is 2. The second-order valence-electron chi connectivity index (χ2n) is 6.51. The first kappa shape index (κ1) is 20.0. The van der Waals surface area contributed by atoms with Gasteiger partial charge in [-0.3, -0.25) is 9.36 Å². The second kappa shape index (κ2) is 8.59. The van der Waals surface area contributed by atoms with Gasteiger partial charge in [-0.2, -0.15) is 0 Å². The highest BCUT2D eigenvalue weighted by Crippen LogP contribution is 2.27. The molecule has 0 bridgehead atoms. The first-order valence-electron chi connectivity index (χ1n) is 9.22. The van der Waals surface area contributed by atoms with Crippen LogP contribution in [0.4, 0.5) is 4.39 Å². The summed E-state index contributed by atoms with van der Waals surface area (Å²) in [6, 6.07) is 19.3. The fourth-order valence-electron chi connectivity index (χ4n) is 3.13. The summed E-state index contributed by atoms with van der Waals surface area (Å²) in [6.45, 7) is 0. The number of ether oxygens (including phenoxy) is 2. The van der Waals surface area contributed by atoms with Crippen LogP contribution in [0.15, 0.2) is 76.7 Å². The molecule has 0 saturated carbocycles. The van der Waals surface area contributed by atoms with Gasteiger partial charge >= 0.3 is 0 Å². The maximum absolute atomic E-state index is 14.1. The molecular formula is C23H19FN2O3S. The third kappa shape index (κ3) is 3.89. The van der Waals surface area contributed by atoms with E-state index in [2.05, 4.69) is 0 Å². The van der Waals surface area contributed by atoms with Crippen LogP contribution in [0.3, 0.4) is 0 Å². The van der Waals surface area contributed by atoms with Gasteiger partial charge in [0.1, 0.15) is 5.75 Å². The van der Waals surface area contributed by atoms with Gasteiger partial charge in [-0.25, -0.2) is 9.37 Å². The van der Waals surface area contributed by atoms with Gasteiger partial charge in [0.05, 0.1) is 30.8 Å². The summed E-state index contributed by atoms with van der Waals surface area (Å²) in [5, 5.41) is 1.04. The van der Waals surface area contributed by atoms with Crippen LogP contribution >= 0.6 is 11.8 Å². The van der Waals surface area contributed by atoms with Crippen LogP contribution in [0.1, 0.15) is 5.56 Å². The molecule has 0 atom stereocenters. The molecule has 0 radical (unpaired) electrons. The molecule has 0 spiro atoms. The highest BCUT2D eigenvalue weighted by atomic mass is 32.2. The van der Waals surface area contributed by atoms with Gasteiger partial charge < -0.3 is 9.47 Å². The summed E-state index contributed by atoms with van der Waals surface area (Å²) in [6.07, 6.45) is 0. The zero-order chi connectivity index (χ0) is 21.1. The van der Waals surface area contributed by atoms with E-state index in [9.17, 15) is 9.18 Å². The van der Waals surface area contributed by atoms with E-state index < -0.39 is 5.82 Å². The van der Waals surface area contributed by atoms with Crippen molar-refractivity contribution in [3.63, 3.8) is 0 Å². The number of nitrogens with zero attached hydrogens (tertiary/aromatic N) is 2. The maximum atomic E-state index is 14.1. The highest BCUT2D eigenvalue weighted by molar-refractivity contribution is 7.98. The molecule has 152 valence electrons. The fraction of sp³-hybridized carbons (Fsp3) is 0.130. The number of halogens is 1. The van der Waals surface area contributed by atoms with Crippen LogP contribution in [0.2, 0.25) is 0 Å². The van der Waals surface area contributed by atoms with Crippen LogP contribution in [-0.2, 0) is 5.75 Å². The van der Waals surface area contributed by atoms with E-state index in [1.54, 1.807) is 35.9 Å². The Kier molecular flexibility index (Phi) is 5.72. The van der Waals surface area contributed by atoms with E-state index >= 15 is 0 Å². The number of thioether (sulfide) groups is 1. The fourth-order valence-corrected chi connectivity index (χ4v) is 4.09. The van der Waals surface area contributed by atoms with Crippen molar-refractivity contribution < 1.29 is 13.9 Å². The van der Waals surface area contributed by atoms with Gasteiger partial charge in [-0.05, 0) is 42.0 Å². The van der Waals surface area contributed by atoms with E-state index in [0.29, 0.717) is 33.2 Å². The first-order valence-corrected chi connectivity index (χ1v) is 10.2. The molecule has 4 rings (SSSR count). The van der Waals surface area contributed by atoms with Crippen molar-refractivity contribution in [3.05, 3.63) is 88.5 Å². The van der Waals surface area contributed by atoms with Crippen LogP contribution in [-0.4, -0.2) is 23.8 Å². The maximum Gasteiger partial charge on any atom is 0.266 e. The molecule has 30 heavy (non-hydrogen) atoms. The molecule has 3 aromatic carbocycles. The smallest absolute Gasteiger partial charge is 0.266 e. The number of benzene rings is 3. The SMILES string of the molecule is COc1cccc(-n2c(SCc3ccc(OC)c(F)c3)nc3ccccc3c2=O)c1. The molecule has 1 heterocycles. The molecule has 0 aliphatic carbocycles. The lowest BCUT2D eigenvalue weighted by molar-refractivity contribution is 0.386. The lowest BCUT2D eigenvalue weighted by Gasteiger charge is -2.14. The molecular weight excluding hydrogens is 403 g/mol. The molecule has 0 aliphatic rings. The number of rotatable bonds is 6. The third-order valence-electron chi connectivity index (χ3n) is 4.64. The first-order chi connectivity index (χ1) is 14.6. The van der Waals surface area contributed by atoms with Crippen molar-refractivity contribution in [2.75, 3.05) is 14.2 Å². The topological polar surface area (TPSA) is 53.4 Å². The molecule has 0 unspecified atom stereocenters. The molecule has 0 N–H and O–H groups in total. The van der Waals surface area contributed by atoms with Gasteiger partial charge in [-0.15, -0.1) is 0 Å². The molecule has 5 nitrogen and oxygen atoms in total. The molecule has 0 aliphatic heterocycles. The van der Waals surface area contributed by atoms with Gasteiger partial charge in [0.2, 0.25) is 0 Å². The summed E-state index contributed by atoms with van der Waals surface area (Å²) in [4.78, 5) is 18.0. The van der Waals surface area contributed by atoms with E-state index in [0.717, 1.165) is 5.56 Å². The second-order valence-corrected chi connectivity index (χ2v) is 7.45. The van der Waals surface area contributed by atoms with Gasteiger partial charge in [0.25, 0.3) is 5.56 Å². The van der Waals surface area contributed by atoms with Crippen molar-refractivity contribution >= 4 is 22.7 Å². The van der Waals surface area contributed by atoms with Crippen LogP contribution in [0, 0.1) is 5.82 Å². The van der Waals surface area contributed by atoms with Gasteiger partial charge in [0, 0.05) is 11.8 Å². The molecule has 7 heteroatoms. The minimum Gasteiger partial charge on any atom is -0.497 e. The Morgan fingerprint density at radius 2 is 1.83 bits per heavy atom. The lowest BCUT2D eigenvalue weighted by atomic mass is 10.2. The molecule has 0 saturated heterocycles. The van der Waals surface area contributed by atoms with Gasteiger partial charge in [0.15, 0.2) is 16.7 Å². The van der Waals surface area contributed by atoms with Crippen LogP contribution in [0.25, 0.3) is 16.6 Å². The molecule has 4 aromatic rings. The average molecular weight is 422 g/mol. The Morgan fingerprint density at radius 3 is 2.60 bits per heavy atom. The molecule has 1 aromatic heterocycles. The van der Waals surface area contributed by atoms with Crippen molar-refractivity contribution in [2.45, 2.75) is 10.9 Å². The van der Waals surface area contributed by atoms with E-state index in [1.807, 2.05) is 36.4 Å². The van der Waals surface area contributed by atoms with Gasteiger partial charge in [-0.1, -0.05) is 36.0 Å². The van der Waals surface area contributed by atoms with E-state index in [4.69, 9.17) is 14.5 Å². The number of fused-ring (bicyclic) bond motifs is 1.